The van der Waals surface area contributed by atoms with E-state index in [-0.39, 0.29) is 23.6 Å². The lowest BCUT2D eigenvalue weighted by Crippen LogP contribution is -2.41. The third kappa shape index (κ3) is 3.79. The molecule has 244 valence electrons. The molecule has 0 saturated carbocycles. The van der Waals surface area contributed by atoms with E-state index in [4.69, 9.17) is 4.98 Å². The molecular formula is C44H35N3O3. The van der Waals surface area contributed by atoms with Crippen LogP contribution < -0.4 is 15.3 Å². The minimum atomic E-state index is -0.330. The van der Waals surface area contributed by atoms with Gasteiger partial charge in [-0.3, -0.25) is 19.0 Å². The van der Waals surface area contributed by atoms with Crippen LogP contribution in [0.3, 0.4) is 0 Å². The third-order valence-corrected chi connectivity index (χ3v) is 11.4. The summed E-state index contributed by atoms with van der Waals surface area (Å²) in [4.78, 5) is 49.5. The Hall–Kier alpha value is -5.88. The summed E-state index contributed by atoms with van der Waals surface area (Å²) in [6.07, 6.45) is 0. The summed E-state index contributed by atoms with van der Waals surface area (Å²) in [6.45, 7) is 14.5. The standard InChI is InChI=1S/C44H35N3O3/c1-21-13-18-34-33(19-21)45-41-26(6)25(5)37-35-22(2)14-15-28-20-32-39-31(43(49)46(44(32)50)29-11-9-8-10-12-29)17-16-30(40(39)38(28)35)36(37)24(4)23(3)27(7)42(48)47(34)41/h8-20,26H,1-7H3/b27-23+,36-24-,37-25+. The van der Waals surface area contributed by atoms with Gasteiger partial charge in [-0.05, 0) is 138 Å². The number of carbonyl (C=O) groups excluding carboxylic acids is 3. The maximum Gasteiger partial charge on any atom is 0.266 e. The van der Waals surface area contributed by atoms with Crippen LogP contribution in [-0.2, 0) is 0 Å². The summed E-state index contributed by atoms with van der Waals surface area (Å²) in [5.41, 5.74) is 9.00. The highest BCUT2D eigenvalue weighted by Gasteiger charge is 2.36. The number of benzene rings is 6. The van der Waals surface area contributed by atoms with E-state index in [1.165, 1.54) is 4.90 Å². The Morgan fingerprint density at radius 1 is 0.620 bits per heavy atom. The lowest BCUT2D eigenvalue weighted by molar-refractivity contribution is 0.0891. The van der Waals surface area contributed by atoms with E-state index >= 15 is 0 Å². The molecule has 9 rings (SSSR count). The van der Waals surface area contributed by atoms with Gasteiger partial charge in [0.2, 0.25) is 0 Å². The van der Waals surface area contributed by atoms with E-state index in [0.29, 0.717) is 33.6 Å². The van der Waals surface area contributed by atoms with Gasteiger partial charge in [-0.1, -0.05) is 55.0 Å². The Balaban J connectivity index is 1.50. The Kier molecular flexibility index (Phi) is 6.23. The first-order valence-corrected chi connectivity index (χ1v) is 17.1. The van der Waals surface area contributed by atoms with Crippen LogP contribution in [0.1, 0.15) is 83.0 Å². The third-order valence-electron chi connectivity index (χ3n) is 11.4. The minimum Gasteiger partial charge on any atom is -0.269 e. The van der Waals surface area contributed by atoms with Crippen molar-refractivity contribution < 1.29 is 14.4 Å². The Bertz CT molecular complexity index is 2890. The molecule has 0 saturated heterocycles. The number of para-hydroxylation sites is 1. The molecule has 3 heterocycles. The fourth-order valence-electron chi connectivity index (χ4n) is 8.47. The van der Waals surface area contributed by atoms with Crippen molar-refractivity contribution in [1.29, 1.82) is 0 Å². The molecule has 1 atom stereocenters. The molecule has 2 amide bonds. The fourth-order valence-corrected chi connectivity index (χ4v) is 8.47. The van der Waals surface area contributed by atoms with Crippen LogP contribution in [0.15, 0.2) is 90.0 Å². The van der Waals surface area contributed by atoms with Gasteiger partial charge >= 0.3 is 0 Å². The van der Waals surface area contributed by atoms with Gasteiger partial charge in [0.25, 0.3) is 17.7 Å². The van der Waals surface area contributed by atoms with Crippen LogP contribution in [0.4, 0.5) is 5.69 Å². The quantitative estimate of drug-likeness (QED) is 0.132. The molecule has 6 heteroatoms. The number of imide groups is 1. The predicted molar refractivity (Wildman–Crippen MR) is 202 cm³/mol. The second kappa shape index (κ2) is 10.3. The van der Waals surface area contributed by atoms with Gasteiger partial charge in [0, 0.05) is 28.0 Å². The molecule has 0 radical (unpaired) electrons. The van der Waals surface area contributed by atoms with Crippen molar-refractivity contribution in [1.82, 2.24) is 9.55 Å². The number of carbonyl (C=O) groups is 3. The fraction of sp³-hybridized carbons (Fsp3) is 0.182. The zero-order chi connectivity index (χ0) is 34.9. The normalized spacial score (nSPS) is 20.4. The molecule has 0 bridgehead atoms. The number of hydrogen-bond donors (Lipinski definition) is 0. The monoisotopic (exact) mass is 653 g/mol. The van der Waals surface area contributed by atoms with E-state index in [9.17, 15) is 14.4 Å². The number of anilines is 1. The topological polar surface area (TPSA) is 72.3 Å². The summed E-state index contributed by atoms with van der Waals surface area (Å²) in [5.74, 6) is -0.240. The number of amides is 2. The van der Waals surface area contributed by atoms with Gasteiger partial charge in [-0.2, -0.15) is 0 Å². The maximum absolute atomic E-state index is 14.5. The number of aryl methyl sites for hydroxylation is 2. The molecule has 6 nitrogen and oxygen atoms in total. The van der Waals surface area contributed by atoms with Crippen molar-refractivity contribution in [3.05, 3.63) is 129 Å². The highest BCUT2D eigenvalue weighted by atomic mass is 16.2. The number of aromatic nitrogens is 2. The summed E-state index contributed by atoms with van der Waals surface area (Å²) in [5, 5.41) is 7.80. The molecule has 2 aliphatic heterocycles. The zero-order valence-corrected chi connectivity index (χ0v) is 29.1. The maximum atomic E-state index is 14.5. The van der Waals surface area contributed by atoms with Gasteiger partial charge in [0.15, 0.2) is 0 Å². The molecule has 0 spiro atoms. The largest absolute Gasteiger partial charge is 0.269 e. The van der Waals surface area contributed by atoms with Gasteiger partial charge in [-0.25, -0.2) is 9.88 Å². The van der Waals surface area contributed by atoms with Crippen LogP contribution in [0.5, 0.6) is 0 Å². The average Bonchev–Trinajstić information content (AvgIpc) is 3.50. The van der Waals surface area contributed by atoms with Gasteiger partial charge < -0.3 is 0 Å². The van der Waals surface area contributed by atoms with Crippen LogP contribution in [-0.4, -0.2) is 27.3 Å². The molecule has 2 aliphatic rings. The molecule has 0 N–H and O–H groups in total. The lowest BCUT2D eigenvalue weighted by Gasteiger charge is -2.29. The first kappa shape index (κ1) is 30.2. The van der Waals surface area contributed by atoms with Crippen molar-refractivity contribution in [2.24, 2.45) is 0 Å². The summed E-state index contributed by atoms with van der Waals surface area (Å²) < 4.78 is 1.81. The molecule has 6 aromatic carbocycles. The van der Waals surface area contributed by atoms with Gasteiger partial charge in [-0.15, -0.1) is 0 Å². The van der Waals surface area contributed by atoms with Crippen LogP contribution >= 0.6 is 0 Å². The number of allylic oxidation sites excluding steroid dienone is 2. The zero-order valence-electron chi connectivity index (χ0n) is 29.1. The predicted octanol–water partition coefficient (Wildman–Crippen LogP) is 8.49. The van der Waals surface area contributed by atoms with Gasteiger partial charge in [0.05, 0.1) is 16.7 Å². The van der Waals surface area contributed by atoms with E-state index in [1.54, 1.807) is 12.1 Å². The second-order valence-electron chi connectivity index (χ2n) is 14.1. The number of hydrogen-bond acceptors (Lipinski definition) is 4. The SMILES string of the molecule is CC1=c2/c(c3c(C)ccc4cc5c6c(ccc2c6c43)C(=O)N(c2ccccc2)C5=O)=C(\C)C(C)c2nc3cc(C)ccc3n2C(=O)\C(C)=C\1C. The lowest BCUT2D eigenvalue weighted by atomic mass is 9.81. The van der Waals surface area contributed by atoms with E-state index in [1.807, 2.05) is 79.9 Å². The summed E-state index contributed by atoms with van der Waals surface area (Å²) >= 11 is 0. The number of nitrogens with zero attached hydrogens (tertiary/aromatic N) is 3. The number of fused-ring (bicyclic) bond motifs is 6. The van der Waals surface area contributed by atoms with E-state index in [2.05, 4.69) is 39.8 Å². The Morgan fingerprint density at radius 3 is 2.12 bits per heavy atom. The first-order chi connectivity index (χ1) is 24.0. The van der Waals surface area contributed by atoms with Crippen molar-refractivity contribution >= 4 is 77.9 Å². The van der Waals surface area contributed by atoms with Gasteiger partial charge in [0.1, 0.15) is 5.82 Å². The molecular weight excluding hydrogens is 619 g/mol. The summed E-state index contributed by atoms with van der Waals surface area (Å²) in [6, 6.07) is 25.3. The molecule has 7 aromatic rings. The van der Waals surface area contributed by atoms with Crippen LogP contribution in [0.2, 0.25) is 0 Å². The smallest absolute Gasteiger partial charge is 0.266 e. The van der Waals surface area contributed by atoms with E-state index in [0.717, 1.165) is 76.2 Å². The highest BCUT2D eigenvalue weighted by molar-refractivity contribution is 6.41. The average molecular weight is 654 g/mol. The van der Waals surface area contributed by atoms with Crippen LogP contribution in [0.25, 0.3) is 54.5 Å². The van der Waals surface area contributed by atoms with Crippen LogP contribution in [0, 0.1) is 13.8 Å². The molecule has 0 fully saturated rings. The van der Waals surface area contributed by atoms with Crippen molar-refractivity contribution in [2.75, 3.05) is 4.90 Å². The minimum absolute atomic E-state index is 0.0872. The Morgan fingerprint density at radius 2 is 1.36 bits per heavy atom. The first-order valence-electron chi connectivity index (χ1n) is 17.1. The summed E-state index contributed by atoms with van der Waals surface area (Å²) in [7, 11) is 0. The second-order valence-corrected chi connectivity index (χ2v) is 14.1. The molecule has 1 unspecified atom stereocenters. The van der Waals surface area contributed by atoms with Crippen molar-refractivity contribution in [2.45, 2.75) is 54.4 Å². The number of rotatable bonds is 1. The van der Waals surface area contributed by atoms with Crippen molar-refractivity contribution in [3.8, 4) is 0 Å². The van der Waals surface area contributed by atoms with E-state index < -0.39 is 0 Å². The molecule has 1 aromatic heterocycles. The molecule has 50 heavy (non-hydrogen) atoms. The number of imidazole rings is 1. The molecule has 0 aliphatic carbocycles. The highest BCUT2D eigenvalue weighted by Crippen LogP contribution is 2.42. The van der Waals surface area contributed by atoms with Crippen molar-refractivity contribution in [3.63, 3.8) is 0 Å². The Labute approximate surface area is 289 Å².